The molecule has 5 nitrogen and oxygen atoms in total. The molecule has 0 aliphatic heterocycles. The summed E-state index contributed by atoms with van der Waals surface area (Å²) in [4.78, 5) is 7.96. The Bertz CT molecular complexity index is 721. The predicted molar refractivity (Wildman–Crippen MR) is 69.8 cm³/mol. The summed E-state index contributed by atoms with van der Waals surface area (Å²) < 4.78 is 1.62. The highest BCUT2D eigenvalue weighted by Crippen LogP contribution is 2.20. The van der Waals surface area contributed by atoms with Crippen LogP contribution in [-0.2, 0) is 6.54 Å². The van der Waals surface area contributed by atoms with Crippen LogP contribution in [0.4, 0.5) is 0 Å². The molecule has 0 aromatic carbocycles. The molecule has 0 bridgehead atoms. The fourth-order valence-corrected chi connectivity index (χ4v) is 2.08. The summed E-state index contributed by atoms with van der Waals surface area (Å²) in [5.74, 6) is 0.569. The van der Waals surface area contributed by atoms with Crippen molar-refractivity contribution in [3.63, 3.8) is 0 Å². The van der Waals surface area contributed by atoms with Gasteiger partial charge in [0.2, 0.25) is 0 Å². The van der Waals surface area contributed by atoms with Gasteiger partial charge in [-0.15, -0.1) is 0 Å². The first-order valence-electron chi connectivity index (χ1n) is 5.25. The Morgan fingerprint density at radius 1 is 1.21 bits per heavy atom. The van der Waals surface area contributed by atoms with Crippen LogP contribution >= 0.6 is 23.2 Å². The average molecular weight is 292 g/mol. The van der Waals surface area contributed by atoms with E-state index in [0.29, 0.717) is 23.1 Å². The van der Waals surface area contributed by atoms with Crippen LogP contribution < -0.4 is 0 Å². The van der Waals surface area contributed by atoms with Gasteiger partial charge >= 0.3 is 0 Å². The second kappa shape index (κ2) is 5.27. The van der Waals surface area contributed by atoms with Gasteiger partial charge in [0.05, 0.1) is 6.54 Å². The Labute approximate surface area is 119 Å². The van der Waals surface area contributed by atoms with Gasteiger partial charge < -0.3 is 4.57 Å². The highest BCUT2D eigenvalue weighted by molar-refractivity contribution is 6.32. The first kappa shape index (κ1) is 13.4. The lowest BCUT2D eigenvalue weighted by Crippen LogP contribution is -2.06. The van der Waals surface area contributed by atoms with Gasteiger partial charge in [0.25, 0.3) is 0 Å². The third-order valence-corrected chi connectivity index (χ3v) is 3.13. The Morgan fingerprint density at radius 3 is 2.53 bits per heavy atom. The van der Waals surface area contributed by atoms with Crippen molar-refractivity contribution in [3.8, 4) is 12.1 Å². The van der Waals surface area contributed by atoms with Crippen LogP contribution in [0, 0.1) is 29.6 Å². The SMILES string of the molecule is Cc1nc(C#N)c(C#N)n1Cc1ccc(Cl)nc1Cl. The standard InChI is InChI=1S/C12H7Cl2N5/c1-7-17-9(4-15)10(5-16)19(7)6-8-2-3-11(13)18-12(8)14/h2-3H,6H2,1H3. The van der Waals surface area contributed by atoms with E-state index in [0.717, 1.165) is 0 Å². The van der Waals surface area contributed by atoms with E-state index in [4.69, 9.17) is 33.7 Å². The summed E-state index contributed by atoms with van der Waals surface area (Å²) in [6.07, 6.45) is 0. The summed E-state index contributed by atoms with van der Waals surface area (Å²) in [6, 6.07) is 7.21. The first-order valence-corrected chi connectivity index (χ1v) is 6.00. The molecule has 0 aliphatic carbocycles. The van der Waals surface area contributed by atoms with Crippen LogP contribution in [0.1, 0.15) is 22.8 Å². The topological polar surface area (TPSA) is 78.3 Å². The average Bonchev–Trinajstić information content (AvgIpc) is 2.68. The second-order valence-electron chi connectivity index (χ2n) is 3.75. The minimum absolute atomic E-state index is 0.109. The predicted octanol–water partition coefficient (Wildman–Crippen LogP) is 2.68. The van der Waals surface area contributed by atoms with Crippen molar-refractivity contribution >= 4 is 23.2 Å². The highest BCUT2D eigenvalue weighted by atomic mass is 35.5. The van der Waals surface area contributed by atoms with Crippen molar-refractivity contribution in [2.24, 2.45) is 0 Å². The van der Waals surface area contributed by atoms with Crippen LogP contribution in [-0.4, -0.2) is 14.5 Å². The Hall–Kier alpha value is -2.08. The molecule has 0 atom stereocenters. The number of rotatable bonds is 2. The fourth-order valence-electron chi connectivity index (χ4n) is 1.68. The van der Waals surface area contributed by atoms with Gasteiger partial charge in [0.15, 0.2) is 11.4 Å². The Morgan fingerprint density at radius 2 is 1.95 bits per heavy atom. The highest BCUT2D eigenvalue weighted by Gasteiger charge is 2.15. The zero-order valence-electron chi connectivity index (χ0n) is 9.85. The summed E-state index contributed by atoms with van der Waals surface area (Å²) >= 11 is 11.7. The van der Waals surface area contributed by atoms with E-state index < -0.39 is 0 Å². The minimum Gasteiger partial charge on any atom is -0.314 e. The van der Waals surface area contributed by atoms with Gasteiger partial charge in [0.1, 0.15) is 28.3 Å². The molecular weight excluding hydrogens is 285 g/mol. The van der Waals surface area contributed by atoms with Crippen LogP contribution in [0.3, 0.4) is 0 Å². The number of aromatic nitrogens is 3. The van der Waals surface area contributed by atoms with Crippen molar-refractivity contribution in [3.05, 3.63) is 45.2 Å². The molecule has 2 aromatic rings. The summed E-state index contributed by atoms with van der Waals surface area (Å²) in [6.45, 7) is 2.03. The third kappa shape index (κ3) is 2.53. The van der Waals surface area contributed by atoms with E-state index in [1.54, 1.807) is 23.6 Å². The number of nitriles is 2. The number of pyridine rings is 1. The van der Waals surface area contributed by atoms with E-state index in [1.165, 1.54) is 0 Å². The monoisotopic (exact) mass is 291 g/mol. The molecule has 0 aliphatic rings. The van der Waals surface area contributed by atoms with Crippen LogP contribution in [0.15, 0.2) is 12.1 Å². The van der Waals surface area contributed by atoms with E-state index in [1.807, 2.05) is 12.1 Å². The molecule has 0 saturated carbocycles. The number of hydrogen-bond acceptors (Lipinski definition) is 4. The molecule has 0 radical (unpaired) electrons. The number of nitrogens with zero attached hydrogens (tertiary/aromatic N) is 5. The van der Waals surface area contributed by atoms with Gasteiger partial charge in [-0.3, -0.25) is 0 Å². The maximum atomic E-state index is 9.10. The van der Waals surface area contributed by atoms with E-state index in [-0.39, 0.29) is 16.5 Å². The van der Waals surface area contributed by atoms with Crippen LogP contribution in [0.25, 0.3) is 0 Å². The van der Waals surface area contributed by atoms with Crippen molar-refractivity contribution in [2.45, 2.75) is 13.5 Å². The van der Waals surface area contributed by atoms with Crippen molar-refractivity contribution in [1.29, 1.82) is 10.5 Å². The minimum atomic E-state index is 0.109. The Kier molecular flexibility index (Phi) is 3.71. The molecule has 0 saturated heterocycles. The van der Waals surface area contributed by atoms with Gasteiger partial charge in [-0.2, -0.15) is 10.5 Å². The normalized spacial score (nSPS) is 9.95. The number of hydrogen-bond donors (Lipinski definition) is 0. The van der Waals surface area contributed by atoms with E-state index in [9.17, 15) is 0 Å². The summed E-state index contributed by atoms with van der Waals surface area (Å²) in [5.41, 5.74) is 1.02. The van der Waals surface area contributed by atoms with Crippen LogP contribution in [0.2, 0.25) is 10.3 Å². The third-order valence-electron chi connectivity index (χ3n) is 2.59. The molecule has 0 amide bonds. The largest absolute Gasteiger partial charge is 0.314 e. The lowest BCUT2D eigenvalue weighted by molar-refractivity contribution is 0.749. The quantitative estimate of drug-likeness (QED) is 0.797. The molecule has 0 N–H and O–H groups in total. The van der Waals surface area contributed by atoms with Crippen molar-refractivity contribution in [1.82, 2.24) is 14.5 Å². The smallest absolute Gasteiger partial charge is 0.177 e. The maximum Gasteiger partial charge on any atom is 0.177 e. The lowest BCUT2D eigenvalue weighted by atomic mass is 10.2. The molecule has 0 fully saturated rings. The Balaban J connectivity index is 2.47. The maximum absolute atomic E-state index is 9.10. The molecule has 2 rings (SSSR count). The molecule has 2 heterocycles. The molecule has 0 unspecified atom stereocenters. The molecule has 94 valence electrons. The fraction of sp³-hybridized carbons (Fsp3) is 0.167. The van der Waals surface area contributed by atoms with E-state index >= 15 is 0 Å². The van der Waals surface area contributed by atoms with Crippen LogP contribution in [0.5, 0.6) is 0 Å². The zero-order valence-corrected chi connectivity index (χ0v) is 11.4. The molecule has 7 heteroatoms. The second-order valence-corrected chi connectivity index (χ2v) is 4.50. The molecule has 19 heavy (non-hydrogen) atoms. The van der Waals surface area contributed by atoms with Crippen molar-refractivity contribution in [2.75, 3.05) is 0 Å². The van der Waals surface area contributed by atoms with Gasteiger partial charge in [-0.05, 0) is 13.0 Å². The lowest BCUT2D eigenvalue weighted by Gasteiger charge is -2.08. The number of aryl methyl sites for hydroxylation is 1. The zero-order chi connectivity index (χ0) is 14.0. The number of imidazole rings is 1. The van der Waals surface area contributed by atoms with E-state index in [2.05, 4.69) is 9.97 Å². The van der Waals surface area contributed by atoms with Gasteiger partial charge in [0, 0.05) is 5.56 Å². The van der Waals surface area contributed by atoms with Gasteiger partial charge in [-0.1, -0.05) is 29.3 Å². The summed E-state index contributed by atoms with van der Waals surface area (Å²) in [5, 5.41) is 18.6. The van der Waals surface area contributed by atoms with Crippen molar-refractivity contribution < 1.29 is 0 Å². The van der Waals surface area contributed by atoms with Gasteiger partial charge in [-0.25, -0.2) is 9.97 Å². The molecular formula is C12H7Cl2N5. The first-order chi connectivity index (χ1) is 9.06. The summed E-state index contributed by atoms with van der Waals surface area (Å²) in [7, 11) is 0. The number of halogens is 2. The molecule has 2 aromatic heterocycles. The molecule has 0 spiro atoms.